The van der Waals surface area contributed by atoms with Crippen molar-refractivity contribution in [3.63, 3.8) is 0 Å². The van der Waals surface area contributed by atoms with E-state index in [4.69, 9.17) is 0 Å². The van der Waals surface area contributed by atoms with E-state index in [1.54, 1.807) is 6.20 Å². The Labute approximate surface area is 130 Å². The number of hydrogen-bond donors (Lipinski definition) is 2. The lowest BCUT2D eigenvalue weighted by atomic mass is 9.43. The van der Waals surface area contributed by atoms with E-state index in [0.717, 1.165) is 43.7 Å². The zero-order valence-corrected chi connectivity index (χ0v) is 12.8. The Morgan fingerprint density at radius 2 is 2.00 bits per heavy atom. The van der Waals surface area contributed by atoms with E-state index < -0.39 is 0 Å². The second kappa shape index (κ2) is 5.20. The first-order chi connectivity index (χ1) is 10.7. The Morgan fingerprint density at radius 3 is 2.59 bits per heavy atom. The molecule has 2 N–H and O–H groups in total. The van der Waals surface area contributed by atoms with Gasteiger partial charge in [0.2, 0.25) is 5.95 Å². The Morgan fingerprint density at radius 1 is 1.27 bits per heavy atom. The van der Waals surface area contributed by atoms with Gasteiger partial charge in [0.05, 0.1) is 23.6 Å². The highest BCUT2D eigenvalue weighted by molar-refractivity contribution is 5.38. The van der Waals surface area contributed by atoms with E-state index in [1.165, 1.54) is 19.3 Å². The first-order valence-electron chi connectivity index (χ1n) is 8.36. The number of nitrogens with one attached hydrogen (secondary N) is 1. The molecule has 4 aliphatic carbocycles. The van der Waals surface area contributed by atoms with Crippen LogP contribution in [0.4, 0.5) is 5.95 Å². The molecule has 0 atom stereocenters. The molecule has 4 fully saturated rings. The Hall–Kier alpha value is -1.67. The van der Waals surface area contributed by atoms with Gasteiger partial charge < -0.3 is 10.4 Å². The van der Waals surface area contributed by atoms with Gasteiger partial charge in [0, 0.05) is 6.04 Å². The molecule has 4 aliphatic rings. The fourth-order valence-electron chi connectivity index (χ4n) is 4.35. The van der Waals surface area contributed by atoms with E-state index in [-0.39, 0.29) is 6.10 Å². The van der Waals surface area contributed by atoms with Crippen LogP contribution in [0.5, 0.6) is 0 Å². The predicted molar refractivity (Wildman–Crippen MR) is 82.1 cm³/mol. The summed E-state index contributed by atoms with van der Waals surface area (Å²) in [4.78, 5) is 8.94. The number of nitriles is 1. The van der Waals surface area contributed by atoms with E-state index in [2.05, 4.69) is 21.4 Å². The quantitative estimate of drug-likeness (QED) is 0.892. The largest absolute Gasteiger partial charge is 0.393 e. The maximum atomic E-state index is 9.58. The third-order valence-electron chi connectivity index (χ3n) is 5.73. The molecule has 22 heavy (non-hydrogen) atoms. The second-order valence-corrected chi connectivity index (χ2v) is 7.47. The van der Waals surface area contributed by atoms with Crippen LogP contribution in [-0.4, -0.2) is 27.2 Å². The maximum absolute atomic E-state index is 9.58. The minimum Gasteiger partial charge on any atom is -0.393 e. The summed E-state index contributed by atoms with van der Waals surface area (Å²) >= 11 is 0. The Kier molecular flexibility index (Phi) is 3.30. The van der Waals surface area contributed by atoms with Crippen LogP contribution in [0.25, 0.3) is 0 Å². The highest BCUT2D eigenvalue weighted by Crippen LogP contribution is 2.65. The molecule has 4 saturated carbocycles. The van der Waals surface area contributed by atoms with Gasteiger partial charge in [0.1, 0.15) is 6.07 Å². The molecular formula is C17H22N4O. The molecule has 5 rings (SSSR count). The number of aromatic nitrogens is 2. The molecule has 0 aromatic carbocycles. The van der Waals surface area contributed by atoms with Crippen LogP contribution in [0.1, 0.15) is 56.2 Å². The monoisotopic (exact) mass is 298 g/mol. The summed E-state index contributed by atoms with van der Waals surface area (Å²) in [5, 5.41) is 22.2. The van der Waals surface area contributed by atoms with Gasteiger partial charge >= 0.3 is 0 Å². The second-order valence-electron chi connectivity index (χ2n) is 7.47. The molecule has 0 spiro atoms. The number of rotatable bonds is 4. The zero-order chi connectivity index (χ0) is 15.2. The molecule has 1 aromatic heterocycles. The van der Waals surface area contributed by atoms with E-state index in [9.17, 15) is 10.4 Å². The lowest BCUT2D eigenvalue weighted by Gasteiger charge is -2.62. The van der Waals surface area contributed by atoms with Crippen LogP contribution in [0.2, 0.25) is 0 Å². The van der Waals surface area contributed by atoms with E-state index in [0.29, 0.717) is 23.0 Å². The van der Waals surface area contributed by atoms with Crippen molar-refractivity contribution in [2.24, 2.45) is 11.3 Å². The van der Waals surface area contributed by atoms with Crippen molar-refractivity contribution < 1.29 is 5.11 Å². The van der Waals surface area contributed by atoms with Crippen LogP contribution in [0.15, 0.2) is 6.20 Å². The smallest absolute Gasteiger partial charge is 0.223 e. The fraction of sp³-hybridized carbons (Fsp3) is 0.706. The summed E-state index contributed by atoms with van der Waals surface area (Å²) in [7, 11) is 0. The van der Waals surface area contributed by atoms with Crippen molar-refractivity contribution in [2.45, 2.75) is 63.5 Å². The van der Waals surface area contributed by atoms with Crippen molar-refractivity contribution in [3.05, 3.63) is 17.5 Å². The average Bonchev–Trinajstić information content (AvgIpc) is 2.44. The maximum Gasteiger partial charge on any atom is 0.223 e. The Balaban J connectivity index is 1.47. The number of anilines is 1. The number of hydrogen-bond acceptors (Lipinski definition) is 5. The molecule has 0 unspecified atom stereocenters. The van der Waals surface area contributed by atoms with Gasteiger partial charge in [-0.05, 0) is 62.7 Å². The molecule has 1 aromatic rings. The number of aliphatic hydroxyl groups excluding tert-OH is 1. The lowest BCUT2D eigenvalue weighted by molar-refractivity contribution is -0.105. The lowest BCUT2D eigenvalue weighted by Crippen LogP contribution is -2.53. The number of aliphatic hydroxyl groups is 1. The molecule has 5 nitrogen and oxygen atoms in total. The summed E-state index contributed by atoms with van der Waals surface area (Å²) in [6, 6.07) is 2.57. The van der Waals surface area contributed by atoms with Crippen molar-refractivity contribution in [2.75, 3.05) is 5.32 Å². The van der Waals surface area contributed by atoms with Gasteiger partial charge in [0.25, 0.3) is 0 Å². The van der Waals surface area contributed by atoms with Gasteiger partial charge in [-0.1, -0.05) is 0 Å². The van der Waals surface area contributed by atoms with Crippen LogP contribution in [-0.2, 0) is 6.42 Å². The first kappa shape index (κ1) is 14.0. The van der Waals surface area contributed by atoms with E-state index >= 15 is 0 Å². The first-order valence-corrected chi connectivity index (χ1v) is 8.36. The molecule has 0 radical (unpaired) electrons. The van der Waals surface area contributed by atoms with Crippen molar-refractivity contribution in [1.29, 1.82) is 5.26 Å². The van der Waals surface area contributed by atoms with Gasteiger partial charge in [-0.3, -0.25) is 0 Å². The number of nitrogens with zero attached hydrogens (tertiary/aromatic N) is 3. The van der Waals surface area contributed by atoms with Crippen molar-refractivity contribution >= 4 is 5.95 Å². The van der Waals surface area contributed by atoms with Gasteiger partial charge in [-0.25, -0.2) is 9.97 Å². The van der Waals surface area contributed by atoms with Crippen molar-refractivity contribution in [3.8, 4) is 6.07 Å². The van der Waals surface area contributed by atoms with Crippen LogP contribution >= 0.6 is 0 Å². The normalized spacial score (nSPS) is 35.9. The Bertz CT molecular complexity index is 599. The van der Waals surface area contributed by atoms with Crippen LogP contribution in [0.3, 0.4) is 0 Å². The summed E-state index contributed by atoms with van der Waals surface area (Å²) in [6.07, 6.45) is 9.94. The predicted octanol–water partition coefficient (Wildman–Crippen LogP) is 2.41. The average molecular weight is 298 g/mol. The summed E-state index contributed by atoms with van der Waals surface area (Å²) < 4.78 is 0. The van der Waals surface area contributed by atoms with Gasteiger partial charge in [-0.2, -0.15) is 5.26 Å². The standard InChI is InChI=1S/C17H22N4O/c18-9-12-10-19-16(20-13-1-3-14(22)4-2-13)21-15(12)8-17-5-11(6-17)7-17/h10-11,13-14,22H,1-8H2,(H,19,20,21). The fourth-order valence-corrected chi connectivity index (χ4v) is 4.35. The van der Waals surface area contributed by atoms with Gasteiger partial charge in [-0.15, -0.1) is 0 Å². The molecule has 5 heteroatoms. The minimum atomic E-state index is -0.153. The topological polar surface area (TPSA) is 81.8 Å². The molecule has 1 heterocycles. The molecule has 116 valence electrons. The van der Waals surface area contributed by atoms with Crippen LogP contribution in [0, 0.1) is 22.7 Å². The summed E-state index contributed by atoms with van der Waals surface area (Å²) in [5.74, 6) is 1.58. The third kappa shape index (κ3) is 2.46. The third-order valence-corrected chi connectivity index (χ3v) is 5.73. The summed E-state index contributed by atoms with van der Waals surface area (Å²) in [5.41, 5.74) is 1.97. The molecule has 0 aliphatic heterocycles. The summed E-state index contributed by atoms with van der Waals surface area (Å²) in [6.45, 7) is 0. The minimum absolute atomic E-state index is 0.153. The molecular weight excluding hydrogens is 276 g/mol. The highest BCUT2D eigenvalue weighted by atomic mass is 16.3. The van der Waals surface area contributed by atoms with Crippen molar-refractivity contribution in [1.82, 2.24) is 9.97 Å². The zero-order valence-electron chi connectivity index (χ0n) is 12.8. The highest BCUT2D eigenvalue weighted by Gasteiger charge is 2.56. The van der Waals surface area contributed by atoms with E-state index in [1.807, 2.05) is 0 Å². The molecule has 0 amide bonds. The van der Waals surface area contributed by atoms with Crippen LogP contribution < -0.4 is 5.32 Å². The molecule has 2 bridgehead atoms. The molecule has 0 saturated heterocycles. The SMILES string of the molecule is N#Cc1cnc(NC2CCC(O)CC2)nc1CC12CC(C1)C2. The van der Waals surface area contributed by atoms with Gasteiger partial charge in [0.15, 0.2) is 0 Å².